The molecule has 1 heterocycles. The molecule has 2 aliphatic carbocycles. The Morgan fingerprint density at radius 1 is 1.12 bits per heavy atom. The van der Waals surface area contributed by atoms with E-state index in [0.717, 1.165) is 45.2 Å². The molecular formula is C21H22N2O2S. The molecule has 2 aliphatic rings. The molecule has 2 bridgehead atoms. The summed E-state index contributed by atoms with van der Waals surface area (Å²) >= 11 is 5.57. The Bertz CT molecular complexity index is 996. The third kappa shape index (κ3) is 2.62. The first kappa shape index (κ1) is 15.9. The van der Waals surface area contributed by atoms with Gasteiger partial charge in [0, 0.05) is 22.9 Å². The van der Waals surface area contributed by atoms with Crippen LogP contribution in [0.1, 0.15) is 25.7 Å². The zero-order chi connectivity index (χ0) is 17.7. The van der Waals surface area contributed by atoms with E-state index < -0.39 is 0 Å². The fraction of sp³-hybridized carbons (Fsp3) is 0.381. The third-order valence-corrected chi connectivity index (χ3v) is 6.22. The average Bonchev–Trinajstić information content (AvgIpc) is 3.34. The van der Waals surface area contributed by atoms with Crippen molar-refractivity contribution in [3.05, 3.63) is 36.4 Å². The summed E-state index contributed by atoms with van der Waals surface area (Å²) in [6, 6.07) is 12.5. The van der Waals surface area contributed by atoms with E-state index in [0.29, 0.717) is 11.2 Å². The molecule has 3 aromatic rings. The number of fused-ring (bicyclic) bond motifs is 5. The molecule has 0 aliphatic heterocycles. The smallest absolute Gasteiger partial charge is 0.171 e. The van der Waals surface area contributed by atoms with Crippen LogP contribution < -0.4 is 15.4 Å². The molecule has 5 heteroatoms. The number of anilines is 1. The van der Waals surface area contributed by atoms with Crippen LogP contribution in [0.25, 0.3) is 21.9 Å². The molecule has 3 atom stereocenters. The van der Waals surface area contributed by atoms with Gasteiger partial charge in [0.25, 0.3) is 0 Å². The molecule has 26 heavy (non-hydrogen) atoms. The first-order valence-corrected chi connectivity index (χ1v) is 9.69. The standard InChI is InChI=1S/C21H22N2O2S/c1-24-20-10-15-14-4-2-3-5-18(14)25-19(15)11-17(20)23-21(26)22-16-9-12-6-7-13(16)8-12/h2-5,10-13,16H,6-9H2,1H3,(H2,22,23,26)/t12-,13-,16+/m1/s1. The van der Waals surface area contributed by atoms with Crippen molar-refractivity contribution >= 4 is 45.0 Å². The molecular weight excluding hydrogens is 344 g/mol. The van der Waals surface area contributed by atoms with Crippen LogP contribution in [0.3, 0.4) is 0 Å². The van der Waals surface area contributed by atoms with Crippen LogP contribution in [0.2, 0.25) is 0 Å². The van der Waals surface area contributed by atoms with Crippen molar-refractivity contribution in [2.75, 3.05) is 12.4 Å². The predicted octanol–water partition coefficient (Wildman–Crippen LogP) is 5.07. The number of nitrogens with one attached hydrogen (secondary N) is 2. The van der Waals surface area contributed by atoms with Crippen LogP contribution in [-0.4, -0.2) is 18.3 Å². The topological polar surface area (TPSA) is 46.4 Å². The van der Waals surface area contributed by atoms with Gasteiger partial charge in [0.05, 0.1) is 12.8 Å². The number of benzene rings is 2. The summed E-state index contributed by atoms with van der Waals surface area (Å²) in [4.78, 5) is 0. The fourth-order valence-corrected chi connectivity index (χ4v) is 5.03. The highest BCUT2D eigenvalue weighted by Gasteiger charge is 2.39. The van der Waals surface area contributed by atoms with Crippen LogP contribution in [0.5, 0.6) is 5.75 Å². The summed E-state index contributed by atoms with van der Waals surface area (Å²) < 4.78 is 11.6. The van der Waals surface area contributed by atoms with E-state index >= 15 is 0 Å². The fourth-order valence-electron chi connectivity index (χ4n) is 4.77. The van der Waals surface area contributed by atoms with Gasteiger partial charge < -0.3 is 19.8 Å². The largest absolute Gasteiger partial charge is 0.495 e. The Morgan fingerprint density at radius 3 is 2.77 bits per heavy atom. The Morgan fingerprint density at radius 2 is 2.00 bits per heavy atom. The van der Waals surface area contributed by atoms with Gasteiger partial charge in [-0.2, -0.15) is 0 Å². The van der Waals surface area contributed by atoms with E-state index in [2.05, 4.69) is 16.7 Å². The van der Waals surface area contributed by atoms with Crippen molar-refractivity contribution in [3.8, 4) is 5.75 Å². The van der Waals surface area contributed by atoms with E-state index in [1.54, 1.807) is 7.11 Å². The zero-order valence-corrected chi connectivity index (χ0v) is 15.6. The summed E-state index contributed by atoms with van der Waals surface area (Å²) in [6.45, 7) is 0. The van der Waals surface area contributed by atoms with Crippen LogP contribution in [0.4, 0.5) is 5.69 Å². The molecule has 0 unspecified atom stereocenters. The molecule has 0 radical (unpaired) electrons. The number of thiocarbonyl (C=S) groups is 1. The molecule has 0 amide bonds. The first-order chi connectivity index (χ1) is 12.7. The van der Waals surface area contributed by atoms with Gasteiger partial charge in [0.15, 0.2) is 5.11 Å². The van der Waals surface area contributed by atoms with Crippen LogP contribution in [-0.2, 0) is 0 Å². The van der Waals surface area contributed by atoms with Gasteiger partial charge in [-0.15, -0.1) is 0 Å². The molecule has 1 aromatic heterocycles. The minimum Gasteiger partial charge on any atom is -0.495 e. The van der Waals surface area contributed by atoms with Crippen molar-refractivity contribution < 1.29 is 9.15 Å². The van der Waals surface area contributed by atoms with Gasteiger partial charge in [0.2, 0.25) is 0 Å². The van der Waals surface area contributed by atoms with Crippen molar-refractivity contribution in [3.63, 3.8) is 0 Å². The second kappa shape index (κ2) is 6.16. The summed E-state index contributed by atoms with van der Waals surface area (Å²) in [7, 11) is 1.68. The number of ether oxygens (including phenoxy) is 1. The van der Waals surface area contributed by atoms with Crippen molar-refractivity contribution in [1.82, 2.24) is 5.32 Å². The van der Waals surface area contributed by atoms with E-state index in [4.69, 9.17) is 21.4 Å². The van der Waals surface area contributed by atoms with E-state index in [-0.39, 0.29) is 0 Å². The normalized spacial score (nSPS) is 24.3. The number of rotatable bonds is 3. The predicted molar refractivity (Wildman–Crippen MR) is 109 cm³/mol. The van der Waals surface area contributed by atoms with Crippen molar-refractivity contribution in [1.29, 1.82) is 0 Å². The monoisotopic (exact) mass is 366 g/mol. The van der Waals surface area contributed by atoms with E-state index in [9.17, 15) is 0 Å². The highest BCUT2D eigenvalue weighted by atomic mass is 32.1. The minimum absolute atomic E-state index is 0.509. The van der Waals surface area contributed by atoms with E-state index in [1.807, 2.05) is 30.3 Å². The van der Waals surface area contributed by atoms with Gasteiger partial charge in [-0.05, 0) is 55.4 Å². The van der Waals surface area contributed by atoms with Gasteiger partial charge in [-0.3, -0.25) is 0 Å². The maximum atomic E-state index is 5.99. The second-order valence-corrected chi connectivity index (χ2v) is 7.93. The number of hydrogen-bond donors (Lipinski definition) is 2. The molecule has 5 rings (SSSR count). The van der Waals surface area contributed by atoms with Crippen molar-refractivity contribution in [2.45, 2.75) is 31.7 Å². The lowest BCUT2D eigenvalue weighted by Crippen LogP contribution is -2.40. The van der Waals surface area contributed by atoms with Gasteiger partial charge in [0.1, 0.15) is 16.9 Å². The summed E-state index contributed by atoms with van der Waals surface area (Å²) in [5, 5.41) is 9.65. The lowest BCUT2D eigenvalue weighted by Gasteiger charge is -2.24. The Balaban J connectivity index is 1.42. The minimum atomic E-state index is 0.509. The Kier molecular flexibility index (Phi) is 3.78. The average molecular weight is 366 g/mol. The third-order valence-electron chi connectivity index (χ3n) is 6.00. The second-order valence-electron chi connectivity index (χ2n) is 7.53. The molecule has 2 aromatic carbocycles. The number of para-hydroxylation sites is 1. The molecule has 2 saturated carbocycles. The highest BCUT2D eigenvalue weighted by Crippen LogP contribution is 2.44. The van der Waals surface area contributed by atoms with Gasteiger partial charge >= 0.3 is 0 Å². The van der Waals surface area contributed by atoms with Crippen LogP contribution in [0.15, 0.2) is 40.8 Å². The summed E-state index contributed by atoms with van der Waals surface area (Å²) in [5.74, 6) is 2.43. The molecule has 0 spiro atoms. The van der Waals surface area contributed by atoms with E-state index in [1.165, 1.54) is 25.7 Å². The maximum Gasteiger partial charge on any atom is 0.171 e. The van der Waals surface area contributed by atoms with Crippen molar-refractivity contribution in [2.24, 2.45) is 11.8 Å². The molecule has 4 nitrogen and oxygen atoms in total. The number of methoxy groups -OCH3 is 1. The summed E-state index contributed by atoms with van der Waals surface area (Å²) in [5.41, 5.74) is 2.54. The van der Waals surface area contributed by atoms with Crippen LogP contribution >= 0.6 is 12.2 Å². The molecule has 134 valence electrons. The molecule has 2 N–H and O–H groups in total. The number of hydrogen-bond acceptors (Lipinski definition) is 3. The maximum absolute atomic E-state index is 5.99. The van der Waals surface area contributed by atoms with Gasteiger partial charge in [-0.1, -0.05) is 24.6 Å². The number of furan rings is 1. The van der Waals surface area contributed by atoms with Gasteiger partial charge in [-0.25, -0.2) is 0 Å². The highest BCUT2D eigenvalue weighted by molar-refractivity contribution is 7.80. The SMILES string of the molecule is COc1cc2c(cc1NC(=S)N[C@H]1C[C@@H]3CC[C@@H]1C3)oc1ccccc12. The first-order valence-electron chi connectivity index (χ1n) is 9.28. The quantitative estimate of drug-likeness (QED) is 0.634. The zero-order valence-electron chi connectivity index (χ0n) is 14.7. The summed E-state index contributed by atoms with van der Waals surface area (Å²) in [6.07, 6.45) is 5.32. The lowest BCUT2D eigenvalue weighted by molar-refractivity contribution is 0.391. The molecule has 2 fully saturated rings. The Hall–Kier alpha value is -2.27. The lowest BCUT2D eigenvalue weighted by atomic mass is 9.95. The molecule has 0 saturated heterocycles. The Labute approximate surface area is 157 Å². The van der Waals surface area contributed by atoms with Crippen LogP contribution in [0, 0.1) is 11.8 Å².